The van der Waals surface area contributed by atoms with Crippen molar-refractivity contribution in [3.63, 3.8) is 0 Å². The SMILES string of the molecule is FC(F)COc1cn[nH]c1. The lowest BCUT2D eigenvalue weighted by Gasteiger charge is -1.99. The number of nitrogens with zero attached hydrogens (tertiary/aromatic N) is 1. The molecule has 0 amide bonds. The van der Waals surface area contributed by atoms with Crippen LogP contribution in [-0.4, -0.2) is 23.2 Å². The second-order valence-electron chi connectivity index (χ2n) is 1.64. The molecule has 5 heteroatoms. The first-order chi connectivity index (χ1) is 4.79. The van der Waals surface area contributed by atoms with Crippen LogP contribution >= 0.6 is 0 Å². The Morgan fingerprint density at radius 2 is 2.50 bits per heavy atom. The van der Waals surface area contributed by atoms with Crippen molar-refractivity contribution < 1.29 is 13.5 Å². The molecular formula is C5H6F2N2O. The molecule has 0 atom stereocenters. The first kappa shape index (κ1) is 6.98. The Balaban J connectivity index is 2.28. The molecule has 0 aliphatic rings. The summed E-state index contributed by atoms with van der Waals surface area (Å²) < 4.78 is 27.5. The fraction of sp³-hybridized carbons (Fsp3) is 0.400. The summed E-state index contributed by atoms with van der Waals surface area (Å²) in [6, 6.07) is 0. The second-order valence-corrected chi connectivity index (χ2v) is 1.64. The van der Waals surface area contributed by atoms with Crippen LogP contribution in [0.2, 0.25) is 0 Å². The van der Waals surface area contributed by atoms with E-state index in [1.807, 2.05) is 0 Å². The number of halogens is 2. The molecule has 0 fully saturated rings. The highest BCUT2D eigenvalue weighted by Crippen LogP contribution is 2.05. The lowest BCUT2D eigenvalue weighted by molar-refractivity contribution is 0.0819. The Morgan fingerprint density at radius 1 is 1.70 bits per heavy atom. The van der Waals surface area contributed by atoms with Gasteiger partial charge in [-0.1, -0.05) is 0 Å². The van der Waals surface area contributed by atoms with Gasteiger partial charge in [0.1, 0.15) is 6.61 Å². The van der Waals surface area contributed by atoms with Crippen molar-refractivity contribution >= 4 is 0 Å². The molecule has 0 spiro atoms. The molecule has 1 heterocycles. The van der Waals surface area contributed by atoms with E-state index in [4.69, 9.17) is 0 Å². The predicted molar refractivity (Wildman–Crippen MR) is 30.1 cm³/mol. The zero-order valence-corrected chi connectivity index (χ0v) is 5.05. The minimum absolute atomic E-state index is 0.334. The van der Waals surface area contributed by atoms with E-state index in [1.54, 1.807) is 0 Å². The maximum Gasteiger partial charge on any atom is 0.272 e. The summed E-state index contributed by atoms with van der Waals surface area (Å²) in [6.45, 7) is -0.584. The molecule has 0 bridgehead atoms. The molecule has 1 aromatic heterocycles. The molecular weight excluding hydrogens is 142 g/mol. The summed E-state index contributed by atoms with van der Waals surface area (Å²) in [5, 5.41) is 5.94. The summed E-state index contributed by atoms with van der Waals surface area (Å²) in [4.78, 5) is 0. The number of hydrogen-bond donors (Lipinski definition) is 1. The van der Waals surface area contributed by atoms with E-state index in [2.05, 4.69) is 14.9 Å². The summed E-state index contributed by atoms with van der Waals surface area (Å²) >= 11 is 0. The van der Waals surface area contributed by atoms with E-state index in [-0.39, 0.29) is 0 Å². The highest BCUT2D eigenvalue weighted by molar-refractivity contribution is 5.09. The summed E-state index contributed by atoms with van der Waals surface area (Å²) in [5.74, 6) is 0.334. The standard InChI is InChI=1S/C5H6F2N2O/c6-5(7)3-10-4-1-8-9-2-4/h1-2,5H,3H2,(H,8,9). The largest absolute Gasteiger partial charge is 0.484 e. The molecule has 0 saturated heterocycles. The van der Waals surface area contributed by atoms with Gasteiger partial charge in [0.05, 0.1) is 12.4 Å². The van der Waals surface area contributed by atoms with E-state index in [1.165, 1.54) is 12.4 Å². The molecule has 1 aromatic rings. The van der Waals surface area contributed by atoms with Gasteiger partial charge in [-0.05, 0) is 0 Å². The first-order valence-corrected chi connectivity index (χ1v) is 2.69. The van der Waals surface area contributed by atoms with E-state index in [0.29, 0.717) is 5.75 Å². The van der Waals surface area contributed by atoms with Crippen molar-refractivity contribution in [3.05, 3.63) is 12.4 Å². The van der Waals surface area contributed by atoms with Crippen molar-refractivity contribution in [1.29, 1.82) is 0 Å². The molecule has 0 aromatic carbocycles. The molecule has 10 heavy (non-hydrogen) atoms. The number of aromatic amines is 1. The number of alkyl halides is 2. The summed E-state index contributed by atoms with van der Waals surface area (Å²) in [5.41, 5.74) is 0. The van der Waals surface area contributed by atoms with Crippen LogP contribution in [-0.2, 0) is 0 Å². The highest BCUT2D eigenvalue weighted by Gasteiger charge is 2.02. The number of ether oxygens (including phenoxy) is 1. The molecule has 0 aliphatic carbocycles. The number of rotatable bonds is 3. The van der Waals surface area contributed by atoms with Gasteiger partial charge in [0.25, 0.3) is 6.43 Å². The van der Waals surface area contributed by atoms with Crippen molar-refractivity contribution in [1.82, 2.24) is 10.2 Å². The van der Waals surface area contributed by atoms with Gasteiger partial charge < -0.3 is 4.74 Å². The van der Waals surface area contributed by atoms with Gasteiger partial charge in [-0.2, -0.15) is 5.10 Å². The highest BCUT2D eigenvalue weighted by atomic mass is 19.3. The van der Waals surface area contributed by atoms with Gasteiger partial charge in [0.15, 0.2) is 5.75 Å². The molecule has 0 aliphatic heterocycles. The maximum atomic E-state index is 11.5. The number of nitrogens with one attached hydrogen (secondary N) is 1. The van der Waals surface area contributed by atoms with Crippen LogP contribution in [0.4, 0.5) is 8.78 Å². The van der Waals surface area contributed by atoms with Gasteiger partial charge in [0, 0.05) is 0 Å². The van der Waals surface area contributed by atoms with Crippen LogP contribution < -0.4 is 4.74 Å². The quantitative estimate of drug-likeness (QED) is 0.695. The van der Waals surface area contributed by atoms with Crippen molar-refractivity contribution in [2.24, 2.45) is 0 Å². The van der Waals surface area contributed by atoms with Gasteiger partial charge in [-0.3, -0.25) is 5.10 Å². The molecule has 0 radical (unpaired) electrons. The average Bonchev–Trinajstić information content (AvgIpc) is 2.34. The van der Waals surface area contributed by atoms with E-state index < -0.39 is 13.0 Å². The third-order valence-electron chi connectivity index (χ3n) is 0.849. The zero-order valence-electron chi connectivity index (χ0n) is 5.05. The third-order valence-corrected chi connectivity index (χ3v) is 0.849. The summed E-state index contributed by atoms with van der Waals surface area (Å²) in [6.07, 6.45) is 0.306. The van der Waals surface area contributed by atoms with Crippen molar-refractivity contribution in [2.45, 2.75) is 6.43 Å². The fourth-order valence-electron chi connectivity index (χ4n) is 0.477. The van der Waals surface area contributed by atoms with Crippen LogP contribution in [0.1, 0.15) is 0 Å². The number of H-pyrrole nitrogens is 1. The minimum Gasteiger partial charge on any atom is -0.484 e. The van der Waals surface area contributed by atoms with Crippen molar-refractivity contribution in [2.75, 3.05) is 6.61 Å². The van der Waals surface area contributed by atoms with Crippen molar-refractivity contribution in [3.8, 4) is 5.75 Å². The Labute approximate surface area is 56.0 Å². The molecule has 0 saturated carbocycles. The number of aromatic nitrogens is 2. The van der Waals surface area contributed by atoms with Gasteiger partial charge in [-0.15, -0.1) is 0 Å². The van der Waals surface area contributed by atoms with Gasteiger partial charge in [0.2, 0.25) is 0 Å². The van der Waals surface area contributed by atoms with Crippen LogP contribution in [0.25, 0.3) is 0 Å². The Morgan fingerprint density at radius 3 is 3.00 bits per heavy atom. The molecule has 56 valence electrons. The van der Waals surface area contributed by atoms with Crippen LogP contribution in [0.15, 0.2) is 12.4 Å². The average molecular weight is 148 g/mol. The minimum atomic E-state index is -2.44. The Hall–Kier alpha value is -1.13. The zero-order chi connectivity index (χ0) is 7.40. The Bertz CT molecular complexity index is 176. The Kier molecular flexibility index (Phi) is 2.20. The monoisotopic (exact) mass is 148 g/mol. The smallest absolute Gasteiger partial charge is 0.272 e. The first-order valence-electron chi connectivity index (χ1n) is 2.69. The number of hydrogen-bond acceptors (Lipinski definition) is 2. The van der Waals surface area contributed by atoms with Gasteiger partial charge >= 0.3 is 0 Å². The second kappa shape index (κ2) is 3.14. The topological polar surface area (TPSA) is 37.9 Å². The molecule has 1 rings (SSSR count). The lowest BCUT2D eigenvalue weighted by atomic mass is 10.6. The van der Waals surface area contributed by atoms with Crippen LogP contribution in [0, 0.1) is 0 Å². The summed E-state index contributed by atoms with van der Waals surface area (Å²) in [7, 11) is 0. The van der Waals surface area contributed by atoms with Crippen LogP contribution in [0.5, 0.6) is 5.75 Å². The van der Waals surface area contributed by atoms with E-state index >= 15 is 0 Å². The predicted octanol–water partition coefficient (Wildman–Crippen LogP) is 1.05. The third kappa shape index (κ3) is 2.00. The van der Waals surface area contributed by atoms with Gasteiger partial charge in [-0.25, -0.2) is 8.78 Å². The van der Waals surface area contributed by atoms with E-state index in [0.717, 1.165) is 0 Å². The maximum absolute atomic E-state index is 11.5. The molecule has 3 nitrogen and oxygen atoms in total. The van der Waals surface area contributed by atoms with E-state index in [9.17, 15) is 8.78 Å². The lowest BCUT2D eigenvalue weighted by Crippen LogP contribution is -2.06. The molecule has 0 unspecified atom stereocenters. The normalized spacial score (nSPS) is 10.3. The fourth-order valence-corrected chi connectivity index (χ4v) is 0.477. The van der Waals surface area contributed by atoms with Crippen LogP contribution in [0.3, 0.4) is 0 Å². The molecule has 1 N–H and O–H groups in total.